The third-order valence-corrected chi connectivity index (χ3v) is 7.12. The van der Waals surface area contributed by atoms with E-state index in [1.165, 1.54) is 16.5 Å². The average Bonchev–Trinajstić information content (AvgIpc) is 3.19. The number of hydrogen-bond acceptors (Lipinski definition) is 7. The molecular formula is C23H29N5O4S. The van der Waals surface area contributed by atoms with Gasteiger partial charge >= 0.3 is 6.09 Å². The summed E-state index contributed by atoms with van der Waals surface area (Å²) >= 11 is 0. The fourth-order valence-electron chi connectivity index (χ4n) is 3.84. The van der Waals surface area contributed by atoms with Crippen LogP contribution in [0.15, 0.2) is 47.8 Å². The Kier molecular flexibility index (Phi) is 6.04. The molecule has 33 heavy (non-hydrogen) atoms. The molecule has 0 spiro atoms. The van der Waals surface area contributed by atoms with Crippen molar-refractivity contribution in [2.45, 2.75) is 57.1 Å². The smallest absolute Gasteiger partial charge is 0.410 e. The normalized spacial score (nSPS) is 17.2. The summed E-state index contributed by atoms with van der Waals surface area (Å²) in [5.74, 6) is 0.536. The number of aryl methyl sites for hydroxylation is 1. The zero-order chi connectivity index (χ0) is 23.8. The lowest BCUT2D eigenvalue weighted by Gasteiger charge is -2.34. The second kappa shape index (κ2) is 8.66. The van der Waals surface area contributed by atoms with Gasteiger partial charge in [-0.05, 0) is 58.7 Å². The van der Waals surface area contributed by atoms with Crippen molar-refractivity contribution in [3.05, 3.63) is 48.4 Å². The minimum absolute atomic E-state index is 0.0403. The average molecular weight is 472 g/mol. The van der Waals surface area contributed by atoms with E-state index in [4.69, 9.17) is 4.74 Å². The van der Waals surface area contributed by atoms with Crippen LogP contribution in [-0.4, -0.2) is 58.1 Å². The molecule has 0 radical (unpaired) electrons. The van der Waals surface area contributed by atoms with Crippen LogP contribution in [0.5, 0.6) is 0 Å². The summed E-state index contributed by atoms with van der Waals surface area (Å²) in [4.78, 5) is 22.9. The molecule has 0 saturated carbocycles. The maximum absolute atomic E-state index is 13.2. The van der Waals surface area contributed by atoms with Crippen molar-refractivity contribution < 1.29 is 17.9 Å². The SMILES string of the molecule is Cc1ccc(S(=O)(=O)n2ccc3c(N[C@@H]4CCCN(C(=O)OC(C)(C)C)C4)ncnc32)cc1. The molecule has 1 saturated heterocycles. The Morgan fingerprint density at radius 2 is 1.88 bits per heavy atom. The predicted octanol–water partition coefficient (Wildman–Crippen LogP) is 3.79. The Bertz CT molecular complexity index is 1260. The van der Waals surface area contributed by atoms with Crippen LogP contribution in [0.25, 0.3) is 11.0 Å². The Labute approximate surface area is 193 Å². The first-order valence-corrected chi connectivity index (χ1v) is 12.4. The Morgan fingerprint density at radius 3 is 2.58 bits per heavy atom. The van der Waals surface area contributed by atoms with Gasteiger partial charge in [0.1, 0.15) is 17.7 Å². The summed E-state index contributed by atoms with van der Waals surface area (Å²) in [5.41, 5.74) is 0.725. The van der Waals surface area contributed by atoms with Gasteiger partial charge < -0.3 is 15.0 Å². The molecule has 0 aliphatic carbocycles. The highest BCUT2D eigenvalue weighted by Gasteiger charge is 2.28. The van der Waals surface area contributed by atoms with Gasteiger partial charge in [0.2, 0.25) is 0 Å². The first-order valence-electron chi connectivity index (χ1n) is 10.9. The highest BCUT2D eigenvalue weighted by atomic mass is 32.2. The maximum Gasteiger partial charge on any atom is 0.410 e. The third kappa shape index (κ3) is 4.95. The third-order valence-electron chi connectivity index (χ3n) is 5.44. The lowest BCUT2D eigenvalue weighted by molar-refractivity contribution is 0.0206. The second-order valence-corrected chi connectivity index (χ2v) is 11.1. The van der Waals surface area contributed by atoms with E-state index in [0.29, 0.717) is 29.9 Å². The predicted molar refractivity (Wildman–Crippen MR) is 126 cm³/mol. The number of nitrogens with zero attached hydrogens (tertiary/aromatic N) is 4. The van der Waals surface area contributed by atoms with E-state index < -0.39 is 15.6 Å². The largest absolute Gasteiger partial charge is 0.444 e. The summed E-state index contributed by atoms with van der Waals surface area (Å²) in [6.45, 7) is 8.55. The number of piperidine rings is 1. The maximum atomic E-state index is 13.2. The van der Waals surface area contributed by atoms with Crippen LogP contribution in [0.4, 0.5) is 10.6 Å². The van der Waals surface area contributed by atoms with E-state index in [9.17, 15) is 13.2 Å². The molecule has 2 aromatic heterocycles. The number of ether oxygens (including phenoxy) is 1. The molecule has 1 atom stereocenters. The van der Waals surface area contributed by atoms with Gasteiger partial charge in [0.15, 0.2) is 5.65 Å². The van der Waals surface area contributed by atoms with Gasteiger partial charge in [-0.1, -0.05) is 17.7 Å². The number of fused-ring (bicyclic) bond motifs is 1. The molecule has 1 aliphatic rings. The van der Waals surface area contributed by atoms with Crippen molar-refractivity contribution >= 4 is 33.0 Å². The molecule has 9 nitrogen and oxygen atoms in total. The first kappa shape index (κ1) is 23.0. The highest BCUT2D eigenvalue weighted by Crippen LogP contribution is 2.26. The van der Waals surface area contributed by atoms with E-state index >= 15 is 0 Å². The molecular weight excluding hydrogens is 442 g/mol. The van der Waals surface area contributed by atoms with Gasteiger partial charge in [-0.3, -0.25) is 0 Å². The van der Waals surface area contributed by atoms with Gasteiger partial charge in [0, 0.05) is 25.3 Å². The van der Waals surface area contributed by atoms with Crippen molar-refractivity contribution in [3.8, 4) is 0 Å². The van der Waals surface area contributed by atoms with Crippen LogP contribution in [0.2, 0.25) is 0 Å². The fourth-order valence-corrected chi connectivity index (χ4v) is 5.14. The number of hydrogen-bond donors (Lipinski definition) is 1. The molecule has 1 aliphatic heterocycles. The van der Waals surface area contributed by atoms with Gasteiger partial charge in [-0.15, -0.1) is 0 Å². The van der Waals surface area contributed by atoms with Gasteiger partial charge in [-0.2, -0.15) is 0 Å². The molecule has 1 amide bonds. The summed E-state index contributed by atoms with van der Waals surface area (Å²) in [5, 5.41) is 3.97. The van der Waals surface area contributed by atoms with E-state index in [1.54, 1.807) is 35.2 Å². The number of anilines is 1. The number of benzene rings is 1. The van der Waals surface area contributed by atoms with E-state index in [0.717, 1.165) is 18.4 Å². The van der Waals surface area contributed by atoms with Crippen LogP contribution < -0.4 is 5.32 Å². The van der Waals surface area contributed by atoms with E-state index in [-0.39, 0.29) is 17.0 Å². The highest BCUT2D eigenvalue weighted by molar-refractivity contribution is 7.90. The van der Waals surface area contributed by atoms with Crippen LogP contribution in [0, 0.1) is 6.92 Å². The first-order chi connectivity index (χ1) is 15.5. The number of aromatic nitrogens is 3. The molecule has 3 aromatic rings. The van der Waals surface area contributed by atoms with Crippen LogP contribution in [0.3, 0.4) is 0 Å². The summed E-state index contributed by atoms with van der Waals surface area (Å²) in [7, 11) is -3.80. The van der Waals surface area contributed by atoms with Gasteiger partial charge in [0.25, 0.3) is 10.0 Å². The zero-order valence-corrected chi connectivity index (χ0v) is 20.1. The summed E-state index contributed by atoms with van der Waals surface area (Å²) < 4.78 is 33.0. The molecule has 1 fully saturated rings. The zero-order valence-electron chi connectivity index (χ0n) is 19.3. The molecule has 176 valence electrons. The standard InChI is InChI=1S/C23H29N5O4S/c1-16-7-9-18(10-8-16)33(30,31)28-13-11-19-20(24-15-25-21(19)28)26-17-6-5-12-27(14-17)22(29)32-23(2,3)4/h7-11,13,15,17H,5-6,12,14H2,1-4H3,(H,24,25,26)/t17-/m1/s1. The number of amides is 1. The topological polar surface area (TPSA) is 106 Å². The Morgan fingerprint density at radius 1 is 1.15 bits per heavy atom. The molecule has 1 N–H and O–H groups in total. The molecule has 0 bridgehead atoms. The molecule has 3 heterocycles. The van der Waals surface area contributed by atoms with E-state index in [1.807, 2.05) is 27.7 Å². The number of carbonyl (C=O) groups excluding carboxylic acids is 1. The van der Waals surface area contributed by atoms with Crippen molar-refractivity contribution in [1.29, 1.82) is 0 Å². The van der Waals surface area contributed by atoms with Crippen LogP contribution in [-0.2, 0) is 14.8 Å². The van der Waals surface area contributed by atoms with Crippen molar-refractivity contribution in [2.24, 2.45) is 0 Å². The van der Waals surface area contributed by atoms with Crippen LogP contribution >= 0.6 is 0 Å². The Balaban J connectivity index is 1.57. The second-order valence-electron chi connectivity index (χ2n) is 9.30. The number of nitrogens with one attached hydrogen (secondary N) is 1. The Hall–Kier alpha value is -3.14. The lowest BCUT2D eigenvalue weighted by atomic mass is 10.1. The van der Waals surface area contributed by atoms with Crippen molar-refractivity contribution in [2.75, 3.05) is 18.4 Å². The molecule has 1 aromatic carbocycles. The van der Waals surface area contributed by atoms with Crippen LogP contribution in [0.1, 0.15) is 39.2 Å². The lowest BCUT2D eigenvalue weighted by Crippen LogP contribution is -2.47. The van der Waals surface area contributed by atoms with Gasteiger partial charge in [0.05, 0.1) is 10.3 Å². The monoisotopic (exact) mass is 471 g/mol. The number of rotatable bonds is 4. The summed E-state index contributed by atoms with van der Waals surface area (Å²) in [6, 6.07) is 8.35. The molecule has 0 unspecified atom stereocenters. The number of likely N-dealkylation sites (tertiary alicyclic amines) is 1. The van der Waals surface area contributed by atoms with E-state index in [2.05, 4.69) is 15.3 Å². The molecule has 4 rings (SSSR count). The summed E-state index contributed by atoms with van der Waals surface area (Å²) in [6.07, 6.45) is 4.19. The minimum atomic E-state index is -3.80. The molecule has 10 heteroatoms. The van der Waals surface area contributed by atoms with Crippen molar-refractivity contribution in [3.63, 3.8) is 0 Å². The minimum Gasteiger partial charge on any atom is -0.444 e. The van der Waals surface area contributed by atoms with Gasteiger partial charge in [-0.25, -0.2) is 27.2 Å². The quantitative estimate of drug-likeness (QED) is 0.617. The van der Waals surface area contributed by atoms with Crippen molar-refractivity contribution in [1.82, 2.24) is 18.8 Å². The fraction of sp³-hybridized carbons (Fsp3) is 0.435. The number of carbonyl (C=O) groups is 1.